The highest BCUT2D eigenvalue weighted by molar-refractivity contribution is 8.93. The van der Waals surface area contributed by atoms with Gasteiger partial charge in [0.25, 0.3) is 0 Å². The number of hydrogen-bond acceptors (Lipinski definition) is 1. The van der Waals surface area contributed by atoms with E-state index in [9.17, 15) is 0 Å². The molecule has 15 heavy (non-hydrogen) atoms. The van der Waals surface area contributed by atoms with Crippen molar-refractivity contribution in [3.05, 3.63) is 31.4 Å². The lowest BCUT2D eigenvalue weighted by Crippen LogP contribution is -2.03. The van der Waals surface area contributed by atoms with Crippen LogP contribution < -0.4 is 0 Å². The third-order valence-corrected chi connectivity index (χ3v) is 2.53. The summed E-state index contributed by atoms with van der Waals surface area (Å²) in [4.78, 5) is 4.05. The molecule has 0 fully saturated rings. The van der Waals surface area contributed by atoms with Gasteiger partial charge in [-0.2, -0.15) is 0 Å². The Hall–Kier alpha value is -0.570. The predicted molar refractivity (Wildman–Crippen MR) is 70.5 cm³/mol. The second-order valence-electron chi connectivity index (χ2n) is 3.66. The Kier molecular flexibility index (Phi) is 8.38. The molecule has 1 rings (SSSR count). The van der Waals surface area contributed by atoms with Crippen molar-refractivity contribution in [2.45, 2.75) is 45.1 Å². The van der Waals surface area contributed by atoms with E-state index in [1.807, 2.05) is 24.8 Å². The van der Waals surface area contributed by atoms with Gasteiger partial charge >= 0.3 is 0 Å². The van der Waals surface area contributed by atoms with Crippen molar-refractivity contribution in [2.75, 3.05) is 0 Å². The van der Waals surface area contributed by atoms with Gasteiger partial charge in [0.05, 0.1) is 12.4 Å². The molecule has 0 aliphatic rings. The SMILES string of the molecule is Br.C=CC(CCCCCC)n1ccnc1. The fraction of sp³-hybridized carbons (Fsp3) is 0.583. The van der Waals surface area contributed by atoms with Gasteiger partial charge in [-0.05, 0) is 6.42 Å². The first-order chi connectivity index (χ1) is 6.88. The summed E-state index contributed by atoms with van der Waals surface area (Å²) in [5.74, 6) is 0. The fourth-order valence-corrected chi connectivity index (χ4v) is 1.63. The molecular formula is C12H21BrN2. The Bertz CT molecular complexity index is 244. The molecule has 1 atom stereocenters. The Labute approximate surface area is 103 Å². The molecule has 0 amide bonds. The van der Waals surface area contributed by atoms with Crippen LogP contribution in [0.4, 0.5) is 0 Å². The number of halogens is 1. The van der Waals surface area contributed by atoms with Gasteiger partial charge in [-0.15, -0.1) is 23.6 Å². The van der Waals surface area contributed by atoms with Gasteiger partial charge in [-0.25, -0.2) is 4.98 Å². The summed E-state index contributed by atoms with van der Waals surface area (Å²) in [6.07, 6.45) is 14.1. The van der Waals surface area contributed by atoms with Crippen LogP contribution >= 0.6 is 17.0 Å². The summed E-state index contributed by atoms with van der Waals surface area (Å²) >= 11 is 0. The van der Waals surface area contributed by atoms with Crippen molar-refractivity contribution < 1.29 is 0 Å². The molecule has 86 valence electrons. The molecule has 2 nitrogen and oxygen atoms in total. The zero-order valence-electron chi connectivity index (χ0n) is 9.43. The van der Waals surface area contributed by atoms with Crippen molar-refractivity contribution in [1.29, 1.82) is 0 Å². The molecule has 1 aromatic rings. The molecule has 0 N–H and O–H groups in total. The van der Waals surface area contributed by atoms with Gasteiger partial charge in [0.1, 0.15) is 0 Å². The van der Waals surface area contributed by atoms with E-state index in [2.05, 4.69) is 23.1 Å². The lowest BCUT2D eigenvalue weighted by Gasteiger charge is -2.13. The minimum Gasteiger partial charge on any atom is -0.331 e. The van der Waals surface area contributed by atoms with Crippen molar-refractivity contribution in [3.63, 3.8) is 0 Å². The quantitative estimate of drug-likeness (QED) is 0.539. The summed E-state index contributed by atoms with van der Waals surface area (Å²) in [5, 5.41) is 0. The highest BCUT2D eigenvalue weighted by Gasteiger charge is 2.04. The van der Waals surface area contributed by atoms with Crippen LogP contribution in [0.25, 0.3) is 0 Å². The van der Waals surface area contributed by atoms with E-state index in [0.717, 1.165) is 0 Å². The molecule has 3 heteroatoms. The molecule has 0 aliphatic carbocycles. The Morgan fingerprint density at radius 3 is 2.73 bits per heavy atom. The molecule has 0 aromatic carbocycles. The molecule has 0 spiro atoms. The topological polar surface area (TPSA) is 17.8 Å². The highest BCUT2D eigenvalue weighted by atomic mass is 79.9. The van der Waals surface area contributed by atoms with Gasteiger partial charge in [0.2, 0.25) is 0 Å². The van der Waals surface area contributed by atoms with E-state index in [1.54, 1.807) is 0 Å². The minimum atomic E-state index is 0. The molecule has 0 bridgehead atoms. The first-order valence-electron chi connectivity index (χ1n) is 5.48. The van der Waals surface area contributed by atoms with E-state index < -0.39 is 0 Å². The molecule has 1 heterocycles. The summed E-state index contributed by atoms with van der Waals surface area (Å²) in [7, 11) is 0. The van der Waals surface area contributed by atoms with Gasteiger partial charge < -0.3 is 4.57 Å². The molecule has 1 aromatic heterocycles. The summed E-state index contributed by atoms with van der Waals surface area (Å²) in [5.41, 5.74) is 0. The zero-order chi connectivity index (χ0) is 10.2. The maximum absolute atomic E-state index is 4.05. The van der Waals surface area contributed by atoms with Crippen LogP contribution in [-0.2, 0) is 0 Å². The molecule has 0 aliphatic heterocycles. The Morgan fingerprint density at radius 1 is 1.40 bits per heavy atom. The van der Waals surface area contributed by atoms with E-state index in [4.69, 9.17) is 0 Å². The van der Waals surface area contributed by atoms with Crippen LogP contribution in [0.5, 0.6) is 0 Å². The normalized spacial score (nSPS) is 11.8. The average Bonchev–Trinajstić information content (AvgIpc) is 2.71. The highest BCUT2D eigenvalue weighted by Crippen LogP contribution is 2.16. The fourth-order valence-electron chi connectivity index (χ4n) is 1.63. The van der Waals surface area contributed by atoms with Gasteiger partial charge in [0, 0.05) is 12.4 Å². The van der Waals surface area contributed by atoms with Gasteiger partial charge in [-0.3, -0.25) is 0 Å². The van der Waals surface area contributed by atoms with Crippen molar-refractivity contribution in [3.8, 4) is 0 Å². The van der Waals surface area contributed by atoms with Crippen molar-refractivity contribution in [1.82, 2.24) is 9.55 Å². The van der Waals surface area contributed by atoms with Gasteiger partial charge in [0.15, 0.2) is 0 Å². The number of imidazole rings is 1. The van der Waals surface area contributed by atoms with Crippen LogP contribution in [0.15, 0.2) is 31.4 Å². The van der Waals surface area contributed by atoms with Crippen LogP contribution in [-0.4, -0.2) is 9.55 Å². The smallest absolute Gasteiger partial charge is 0.0951 e. The number of allylic oxidation sites excluding steroid dienone is 1. The van der Waals surface area contributed by atoms with Crippen LogP contribution in [0.2, 0.25) is 0 Å². The molecule has 0 saturated carbocycles. The lowest BCUT2D eigenvalue weighted by molar-refractivity contribution is 0.511. The number of aromatic nitrogens is 2. The monoisotopic (exact) mass is 272 g/mol. The average molecular weight is 273 g/mol. The minimum absolute atomic E-state index is 0. The second-order valence-corrected chi connectivity index (χ2v) is 3.66. The first kappa shape index (κ1) is 14.4. The van der Waals surface area contributed by atoms with E-state index >= 15 is 0 Å². The molecule has 1 unspecified atom stereocenters. The first-order valence-corrected chi connectivity index (χ1v) is 5.48. The second kappa shape index (κ2) is 8.72. The Morgan fingerprint density at radius 2 is 2.20 bits per heavy atom. The van der Waals surface area contributed by atoms with E-state index in [0.29, 0.717) is 6.04 Å². The largest absolute Gasteiger partial charge is 0.331 e. The van der Waals surface area contributed by atoms with Crippen LogP contribution in [0.1, 0.15) is 45.1 Å². The Balaban J connectivity index is 0.00000196. The number of hydrogen-bond donors (Lipinski definition) is 0. The molecule has 0 saturated heterocycles. The van der Waals surface area contributed by atoms with Crippen LogP contribution in [0, 0.1) is 0 Å². The van der Waals surface area contributed by atoms with Gasteiger partial charge in [-0.1, -0.05) is 38.7 Å². The number of rotatable bonds is 7. The van der Waals surface area contributed by atoms with E-state index in [1.165, 1.54) is 32.1 Å². The third-order valence-electron chi connectivity index (χ3n) is 2.53. The maximum atomic E-state index is 4.05. The molecule has 0 radical (unpaired) electrons. The number of nitrogens with zero attached hydrogens (tertiary/aromatic N) is 2. The third kappa shape index (κ3) is 5.17. The standard InChI is InChI=1S/C12H20N2.BrH/c1-3-5-6-7-8-12(4-2)14-10-9-13-11-14;/h4,9-12H,2-3,5-8H2,1H3;1H. The summed E-state index contributed by atoms with van der Waals surface area (Å²) in [6.45, 7) is 6.10. The number of unbranched alkanes of at least 4 members (excludes halogenated alkanes) is 3. The van der Waals surface area contributed by atoms with Crippen LogP contribution in [0.3, 0.4) is 0 Å². The van der Waals surface area contributed by atoms with Crippen molar-refractivity contribution >= 4 is 17.0 Å². The molecular weight excluding hydrogens is 252 g/mol. The summed E-state index contributed by atoms with van der Waals surface area (Å²) < 4.78 is 2.12. The lowest BCUT2D eigenvalue weighted by atomic mass is 10.1. The maximum Gasteiger partial charge on any atom is 0.0951 e. The zero-order valence-corrected chi connectivity index (χ0v) is 11.1. The van der Waals surface area contributed by atoms with E-state index in [-0.39, 0.29) is 17.0 Å². The summed E-state index contributed by atoms with van der Waals surface area (Å²) in [6, 6.07) is 0.425. The van der Waals surface area contributed by atoms with Crippen molar-refractivity contribution in [2.24, 2.45) is 0 Å². The predicted octanol–water partition coefficient (Wildman–Crippen LogP) is 4.16.